The van der Waals surface area contributed by atoms with E-state index in [4.69, 9.17) is 14.2 Å². The first-order chi connectivity index (χ1) is 19.7. The summed E-state index contributed by atoms with van der Waals surface area (Å²) in [6.45, 7) is 12.4. The van der Waals surface area contributed by atoms with E-state index in [1.54, 1.807) is 4.90 Å². The first kappa shape index (κ1) is 27.5. The van der Waals surface area contributed by atoms with E-state index in [9.17, 15) is 9.59 Å². The number of aryl methyl sites for hydroxylation is 1. The summed E-state index contributed by atoms with van der Waals surface area (Å²) in [6.07, 6.45) is 4.24. The van der Waals surface area contributed by atoms with Gasteiger partial charge in [0.2, 0.25) is 0 Å². The number of morpholine rings is 2. The third-order valence-corrected chi connectivity index (χ3v) is 8.12. The Morgan fingerprint density at radius 3 is 2.56 bits per heavy atom. The van der Waals surface area contributed by atoms with Crippen molar-refractivity contribution in [2.45, 2.75) is 52.3 Å². The van der Waals surface area contributed by atoms with E-state index in [1.165, 1.54) is 5.56 Å². The minimum Gasteiger partial charge on any atom is -0.444 e. The van der Waals surface area contributed by atoms with Crippen LogP contribution in [0.3, 0.4) is 0 Å². The number of hydrogen-bond donors (Lipinski definition) is 1. The summed E-state index contributed by atoms with van der Waals surface area (Å²) < 4.78 is 17.2. The van der Waals surface area contributed by atoms with Crippen LogP contribution in [0.1, 0.15) is 49.1 Å². The van der Waals surface area contributed by atoms with E-state index in [0.29, 0.717) is 59.2 Å². The normalized spacial score (nSPS) is 19.8. The number of urea groups is 1. The molecule has 0 aliphatic carbocycles. The molecule has 10 nitrogen and oxygen atoms in total. The van der Waals surface area contributed by atoms with Gasteiger partial charge in [-0.25, -0.2) is 14.6 Å². The van der Waals surface area contributed by atoms with Crippen LogP contribution in [0.15, 0.2) is 30.6 Å². The molecule has 0 radical (unpaired) electrons. The summed E-state index contributed by atoms with van der Waals surface area (Å²) in [6, 6.07) is 6.25. The number of H-pyrrole nitrogens is 1. The summed E-state index contributed by atoms with van der Waals surface area (Å²) in [4.78, 5) is 40.4. The Balaban J connectivity index is 1.41. The lowest BCUT2D eigenvalue weighted by Gasteiger charge is -2.40. The molecule has 218 valence electrons. The third kappa shape index (κ3) is 5.63. The third-order valence-electron chi connectivity index (χ3n) is 8.12. The number of carbonyl (C=O) groups excluding carboxylic acids is 2. The highest BCUT2D eigenvalue weighted by Crippen LogP contribution is 2.37. The molecule has 3 aromatic rings. The predicted octanol–water partition coefficient (Wildman–Crippen LogP) is 4.66. The molecule has 3 aliphatic heterocycles. The fraction of sp³-hybridized carbons (Fsp3) is 0.516. The summed E-state index contributed by atoms with van der Waals surface area (Å²) >= 11 is 0. The zero-order valence-corrected chi connectivity index (χ0v) is 24.4. The van der Waals surface area contributed by atoms with Gasteiger partial charge in [-0.3, -0.25) is 4.90 Å². The molecule has 0 bridgehead atoms. The number of aromatic amines is 1. The van der Waals surface area contributed by atoms with Gasteiger partial charge < -0.3 is 29.0 Å². The Kier molecular flexibility index (Phi) is 7.37. The van der Waals surface area contributed by atoms with Crippen molar-refractivity contribution < 1.29 is 23.8 Å². The maximum Gasteiger partial charge on any atom is 0.410 e. The topological polar surface area (TPSA) is 100 Å². The van der Waals surface area contributed by atoms with Crippen molar-refractivity contribution in [1.82, 2.24) is 24.7 Å². The highest BCUT2D eigenvalue weighted by molar-refractivity contribution is 5.85. The minimum atomic E-state index is -0.613. The van der Waals surface area contributed by atoms with Crippen LogP contribution in [0.5, 0.6) is 0 Å². The second-order valence-electron chi connectivity index (χ2n) is 12.1. The van der Waals surface area contributed by atoms with Gasteiger partial charge >= 0.3 is 12.1 Å². The van der Waals surface area contributed by atoms with Crippen molar-refractivity contribution in [3.63, 3.8) is 0 Å². The Morgan fingerprint density at radius 2 is 1.78 bits per heavy atom. The van der Waals surface area contributed by atoms with Gasteiger partial charge in [0, 0.05) is 56.1 Å². The van der Waals surface area contributed by atoms with Crippen molar-refractivity contribution >= 4 is 23.2 Å². The van der Waals surface area contributed by atoms with Crippen molar-refractivity contribution in [2.75, 3.05) is 52.6 Å². The van der Waals surface area contributed by atoms with Crippen LogP contribution in [0.25, 0.3) is 22.2 Å². The quantitative estimate of drug-likeness (QED) is 0.489. The molecule has 1 unspecified atom stereocenters. The highest BCUT2D eigenvalue weighted by Gasteiger charge is 2.36. The zero-order chi connectivity index (χ0) is 28.7. The minimum absolute atomic E-state index is 0.0375. The smallest absolute Gasteiger partial charge is 0.410 e. The second kappa shape index (κ2) is 11.0. The van der Waals surface area contributed by atoms with Gasteiger partial charge in [0.1, 0.15) is 11.2 Å². The van der Waals surface area contributed by atoms with Crippen molar-refractivity contribution in [3.05, 3.63) is 52.8 Å². The summed E-state index contributed by atoms with van der Waals surface area (Å²) in [5.74, 6) is 0. The number of rotatable bonds is 2. The number of nitrogens with one attached hydrogen (secondary N) is 1. The second-order valence-corrected chi connectivity index (χ2v) is 12.1. The monoisotopic (exact) mass is 561 g/mol. The van der Waals surface area contributed by atoms with Crippen molar-refractivity contribution in [3.8, 4) is 11.1 Å². The van der Waals surface area contributed by atoms with Crippen LogP contribution >= 0.6 is 0 Å². The van der Waals surface area contributed by atoms with Crippen molar-refractivity contribution in [2.24, 2.45) is 0 Å². The van der Waals surface area contributed by atoms with Gasteiger partial charge in [0.25, 0.3) is 0 Å². The van der Waals surface area contributed by atoms with Crippen LogP contribution in [0.2, 0.25) is 0 Å². The predicted molar refractivity (Wildman–Crippen MR) is 155 cm³/mol. The van der Waals surface area contributed by atoms with E-state index in [1.807, 2.05) is 43.0 Å². The Hall–Kier alpha value is -3.63. The van der Waals surface area contributed by atoms with E-state index in [2.05, 4.69) is 35.1 Å². The SMILES string of the molecule is Cc1c[nH]c2ncc(-c3cc4c(c(C5COCCN5C(=O)OC(C)(C)C)c3)CN(C(=O)N3CCOCC3)CC4)cc12. The lowest BCUT2D eigenvalue weighted by molar-refractivity contribution is -0.0334. The average molecular weight is 562 g/mol. The molecule has 41 heavy (non-hydrogen) atoms. The Bertz CT molecular complexity index is 1460. The molecule has 0 saturated carbocycles. The molecule has 6 rings (SSSR count). The lowest BCUT2D eigenvalue weighted by Crippen LogP contribution is -2.50. The van der Waals surface area contributed by atoms with Crippen molar-refractivity contribution in [1.29, 1.82) is 0 Å². The van der Waals surface area contributed by atoms with Crippen LogP contribution in [-0.2, 0) is 27.2 Å². The van der Waals surface area contributed by atoms with Gasteiger partial charge in [0.15, 0.2) is 0 Å². The Labute approximate surface area is 240 Å². The number of fused-ring (bicyclic) bond motifs is 2. The molecule has 3 amide bonds. The fourth-order valence-corrected chi connectivity index (χ4v) is 5.97. The summed E-state index contributed by atoms with van der Waals surface area (Å²) in [7, 11) is 0. The molecular formula is C31H39N5O5. The van der Waals surface area contributed by atoms with Gasteiger partial charge in [-0.15, -0.1) is 0 Å². The number of benzene rings is 1. The van der Waals surface area contributed by atoms with E-state index < -0.39 is 5.60 Å². The van der Waals surface area contributed by atoms with Gasteiger partial charge in [0.05, 0.1) is 32.5 Å². The number of hydrogen-bond acceptors (Lipinski definition) is 6. The van der Waals surface area contributed by atoms with Gasteiger partial charge in [-0.2, -0.15) is 0 Å². The molecule has 2 aromatic heterocycles. The molecular weight excluding hydrogens is 522 g/mol. The number of nitrogens with zero attached hydrogens (tertiary/aromatic N) is 4. The van der Waals surface area contributed by atoms with Crippen LogP contribution < -0.4 is 0 Å². The largest absolute Gasteiger partial charge is 0.444 e. The molecule has 5 heterocycles. The summed E-state index contributed by atoms with van der Waals surface area (Å²) in [5.41, 5.74) is 6.70. The average Bonchev–Trinajstić information content (AvgIpc) is 3.35. The van der Waals surface area contributed by atoms with E-state index in [0.717, 1.165) is 45.3 Å². The standard InChI is InChI=1S/C31H39N5O5/c1-20-16-32-28-24(20)15-23(17-33-28)22-13-21-5-6-35(29(37)34-7-10-39-11-8-34)18-26(21)25(14-22)27-19-40-12-9-36(27)30(38)41-31(2,3)4/h13-17,27H,5-12,18-19H2,1-4H3,(H,32,33). The van der Waals surface area contributed by atoms with E-state index >= 15 is 0 Å². The molecule has 1 aromatic carbocycles. The Morgan fingerprint density at radius 1 is 1.00 bits per heavy atom. The van der Waals surface area contributed by atoms with Gasteiger partial charge in [-0.05, 0) is 74.1 Å². The van der Waals surface area contributed by atoms with Crippen LogP contribution in [-0.4, -0.2) is 95.0 Å². The maximum absolute atomic E-state index is 13.5. The number of pyridine rings is 1. The molecule has 1 N–H and O–H groups in total. The number of ether oxygens (including phenoxy) is 3. The lowest BCUT2D eigenvalue weighted by atomic mass is 9.87. The first-order valence-corrected chi connectivity index (χ1v) is 14.5. The molecule has 10 heteroatoms. The number of carbonyl (C=O) groups is 2. The highest BCUT2D eigenvalue weighted by atomic mass is 16.6. The van der Waals surface area contributed by atoms with Crippen LogP contribution in [0, 0.1) is 6.92 Å². The zero-order valence-electron chi connectivity index (χ0n) is 24.4. The first-order valence-electron chi connectivity index (χ1n) is 14.5. The molecule has 2 fully saturated rings. The molecule has 3 aliphatic rings. The maximum atomic E-state index is 13.5. The summed E-state index contributed by atoms with van der Waals surface area (Å²) in [5, 5.41) is 1.08. The number of aromatic nitrogens is 2. The van der Waals surface area contributed by atoms with E-state index in [-0.39, 0.29) is 18.2 Å². The fourth-order valence-electron chi connectivity index (χ4n) is 5.97. The molecule has 0 spiro atoms. The molecule has 2 saturated heterocycles. The van der Waals surface area contributed by atoms with Crippen LogP contribution in [0.4, 0.5) is 9.59 Å². The molecule has 1 atom stereocenters. The van der Waals surface area contributed by atoms with Gasteiger partial charge in [-0.1, -0.05) is 6.07 Å². The number of amides is 3.